The topological polar surface area (TPSA) is 32.5 Å². The Morgan fingerprint density at radius 2 is 1.67 bits per heavy atom. The molecule has 21 heavy (non-hydrogen) atoms. The minimum atomic E-state index is 0.784. The summed E-state index contributed by atoms with van der Waals surface area (Å²) in [5.74, 6) is 0. The van der Waals surface area contributed by atoms with Crippen molar-refractivity contribution in [2.75, 3.05) is 41.7 Å². The molecular weight excluding hydrogens is 350 g/mol. The number of hydrogen-bond donors (Lipinski definition) is 1. The normalized spacial score (nSPS) is 15.3. The van der Waals surface area contributed by atoms with Gasteiger partial charge >= 0.3 is 0 Å². The first-order chi connectivity index (χ1) is 10.1. The summed E-state index contributed by atoms with van der Waals surface area (Å²) < 4.78 is 1.02. The van der Waals surface area contributed by atoms with Gasteiger partial charge in [-0.25, -0.2) is 0 Å². The molecule has 0 atom stereocenters. The monoisotopic (exact) mass is 365 g/mol. The van der Waals surface area contributed by atoms with Crippen LogP contribution in [-0.2, 0) is 0 Å². The molecule has 0 amide bonds. The maximum absolute atomic E-state index is 6.12. The van der Waals surface area contributed by atoms with Crippen molar-refractivity contribution in [2.24, 2.45) is 0 Å². The van der Waals surface area contributed by atoms with E-state index in [-0.39, 0.29) is 0 Å². The van der Waals surface area contributed by atoms with Gasteiger partial charge in [0.2, 0.25) is 0 Å². The maximum Gasteiger partial charge on any atom is 0.0601 e. The second kappa shape index (κ2) is 6.16. The van der Waals surface area contributed by atoms with Crippen LogP contribution in [0.4, 0.5) is 17.1 Å². The van der Waals surface area contributed by atoms with Gasteiger partial charge < -0.3 is 15.5 Å². The van der Waals surface area contributed by atoms with Crippen molar-refractivity contribution in [1.29, 1.82) is 0 Å². The highest BCUT2D eigenvalue weighted by Crippen LogP contribution is 2.28. The van der Waals surface area contributed by atoms with Gasteiger partial charge in [0.25, 0.3) is 0 Å². The van der Waals surface area contributed by atoms with Crippen LogP contribution in [0.25, 0.3) is 0 Å². The van der Waals surface area contributed by atoms with Crippen molar-refractivity contribution in [3.63, 3.8) is 0 Å². The Labute approximate surface area is 138 Å². The molecule has 0 aromatic heterocycles. The lowest BCUT2D eigenvalue weighted by molar-refractivity contribution is 0.654. The molecule has 0 unspecified atom stereocenters. The Morgan fingerprint density at radius 1 is 0.952 bits per heavy atom. The van der Waals surface area contributed by atoms with E-state index in [1.54, 1.807) is 0 Å². The number of rotatable bonds is 2. The zero-order valence-electron chi connectivity index (χ0n) is 11.6. The SMILES string of the molecule is Nc1cc(Br)ccc1N1CCN(c2cccc(Cl)c2)CC1. The summed E-state index contributed by atoms with van der Waals surface area (Å²) in [5.41, 5.74) is 9.24. The van der Waals surface area contributed by atoms with Gasteiger partial charge in [0, 0.05) is 41.4 Å². The van der Waals surface area contributed by atoms with Gasteiger partial charge in [-0.2, -0.15) is 0 Å². The second-order valence-electron chi connectivity index (χ2n) is 5.16. The van der Waals surface area contributed by atoms with Crippen LogP contribution < -0.4 is 15.5 Å². The molecule has 0 bridgehead atoms. The van der Waals surface area contributed by atoms with Crippen molar-refractivity contribution in [3.8, 4) is 0 Å². The van der Waals surface area contributed by atoms with E-state index in [1.165, 1.54) is 5.69 Å². The molecule has 0 radical (unpaired) electrons. The highest BCUT2D eigenvalue weighted by atomic mass is 79.9. The Hall–Kier alpha value is -1.39. The molecule has 2 aromatic rings. The van der Waals surface area contributed by atoms with Crippen molar-refractivity contribution in [1.82, 2.24) is 0 Å². The van der Waals surface area contributed by atoms with E-state index >= 15 is 0 Å². The summed E-state index contributed by atoms with van der Waals surface area (Å²) >= 11 is 9.51. The van der Waals surface area contributed by atoms with E-state index in [9.17, 15) is 0 Å². The molecule has 3 rings (SSSR count). The minimum Gasteiger partial charge on any atom is -0.397 e. The Morgan fingerprint density at radius 3 is 2.33 bits per heavy atom. The summed E-state index contributed by atoms with van der Waals surface area (Å²) in [6.45, 7) is 3.85. The van der Waals surface area contributed by atoms with Gasteiger partial charge in [-0.05, 0) is 36.4 Å². The van der Waals surface area contributed by atoms with Crippen molar-refractivity contribution in [2.45, 2.75) is 0 Å². The lowest BCUT2D eigenvalue weighted by Gasteiger charge is -2.37. The number of anilines is 3. The molecule has 1 aliphatic heterocycles. The van der Waals surface area contributed by atoms with E-state index < -0.39 is 0 Å². The van der Waals surface area contributed by atoms with Gasteiger partial charge in [-0.3, -0.25) is 0 Å². The Bertz CT molecular complexity index is 639. The van der Waals surface area contributed by atoms with Gasteiger partial charge in [0.05, 0.1) is 11.4 Å². The molecule has 110 valence electrons. The predicted octanol–water partition coefficient (Wildman–Crippen LogP) is 4.01. The predicted molar refractivity (Wildman–Crippen MR) is 94.4 cm³/mol. The van der Waals surface area contributed by atoms with Gasteiger partial charge in [-0.1, -0.05) is 33.6 Å². The van der Waals surface area contributed by atoms with Gasteiger partial charge in [-0.15, -0.1) is 0 Å². The molecule has 2 aromatic carbocycles. The van der Waals surface area contributed by atoms with E-state index in [2.05, 4.69) is 37.9 Å². The van der Waals surface area contributed by atoms with Crippen LogP contribution in [0.5, 0.6) is 0 Å². The molecule has 0 spiro atoms. The summed E-state index contributed by atoms with van der Waals surface area (Å²) in [5, 5.41) is 0.784. The number of hydrogen-bond acceptors (Lipinski definition) is 3. The highest BCUT2D eigenvalue weighted by Gasteiger charge is 2.19. The second-order valence-corrected chi connectivity index (χ2v) is 6.51. The maximum atomic E-state index is 6.12. The molecule has 1 saturated heterocycles. The summed E-state index contributed by atoms with van der Waals surface area (Å²) in [6.07, 6.45) is 0. The third kappa shape index (κ3) is 3.27. The zero-order chi connectivity index (χ0) is 14.8. The average molecular weight is 367 g/mol. The fraction of sp³-hybridized carbons (Fsp3) is 0.250. The fourth-order valence-electron chi connectivity index (χ4n) is 2.69. The molecule has 2 N–H and O–H groups in total. The number of nitrogen functional groups attached to an aromatic ring is 1. The molecular formula is C16H17BrClN3. The van der Waals surface area contributed by atoms with Crippen LogP contribution in [0.15, 0.2) is 46.9 Å². The first-order valence-corrected chi connectivity index (χ1v) is 8.11. The lowest BCUT2D eigenvalue weighted by Crippen LogP contribution is -2.46. The Balaban J connectivity index is 1.70. The van der Waals surface area contributed by atoms with Crippen LogP contribution in [0, 0.1) is 0 Å². The third-order valence-electron chi connectivity index (χ3n) is 3.78. The smallest absolute Gasteiger partial charge is 0.0601 e. The van der Waals surface area contributed by atoms with Crippen LogP contribution >= 0.6 is 27.5 Å². The van der Waals surface area contributed by atoms with Gasteiger partial charge in [0.1, 0.15) is 0 Å². The molecule has 0 saturated carbocycles. The third-order valence-corrected chi connectivity index (χ3v) is 4.51. The summed E-state index contributed by atoms with van der Waals surface area (Å²) in [7, 11) is 0. The summed E-state index contributed by atoms with van der Waals surface area (Å²) in [4.78, 5) is 4.69. The zero-order valence-corrected chi connectivity index (χ0v) is 13.9. The molecule has 1 fully saturated rings. The average Bonchev–Trinajstić information content (AvgIpc) is 2.47. The van der Waals surface area contributed by atoms with E-state index in [1.807, 2.05) is 30.3 Å². The van der Waals surface area contributed by atoms with Crippen molar-refractivity contribution < 1.29 is 0 Å². The first kappa shape index (κ1) is 14.5. The minimum absolute atomic E-state index is 0.784. The quantitative estimate of drug-likeness (QED) is 0.815. The largest absolute Gasteiger partial charge is 0.397 e. The number of halogens is 2. The summed E-state index contributed by atoms with van der Waals surface area (Å²) in [6, 6.07) is 14.1. The molecule has 0 aliphatic carbocycles. The van der Waals surface area contributed by atoms with E-state index in [0.717, 1.165) is 47.0 Å². The van der Waals surface area contributed by atoms with Crippen LogP contribution in [0.1, 0.15) is 0 Å². The lowest BCUT2D eigenvalue weighted by atomic mass is 10.2. The van der Waals surface area contributed by atoms with Crippen LogP contribution in [-0.4, -0.2) is 26.2 Å². The number of nitrogens with zero attached hydrogens (tertiary/aromatic N) is 2. The Kier molecular flexibility index (Phi) is 4.27. The number of benzene rings is 2. The van der Waals surface area contributed by atoms with Crippen LogP contribution in [0.2, 0.25) is 5.02 Å². The van der Waals surface area contributed by atoms with Gasteiger partial charge in [0.15, 0.2) is 0 Å². The standard InChI is InChI=1S/C16H17BrClN3/c17-12-4-5-16(15(19)10-12)21-8-6-20(7-9-21)14-3-1-2-13(18)11-14/h1-5,10-11H,6-9,19H2. The van der Waals surface area contributed by atoms with Crippen molar-refractivity contribution in [3.05, 3.63) is 52.0 Å². The van der Waals surface area contributed by atoms with E-state index in [0.29, 0.717) is 0 Å². The van der Waals surface area contributed by atoms with Crippen molar-refractivity contribution >= 4 is 44.6 Å². The molecule has 5 heteroatoms. The molecule has 1 aliphatic rings. The number of nitrogens with two attached hydrogens (primary N) is 1. The fourth-order valence-corrected chi connectivity index (χ4v) is 3.26. The molecule has 3 nitrogen and oxygen atoms in total. The first-order valence-electron chi connectivity index (χ1n) is 6.94. The van der Waals surface area contributed by atoms with E-state index in [4.69, 9.17) is 17.3 Å². The molecule has 1 heterocycles. The van der Waals surface area contributed by atoms with Crippen LogP contribution in [0.3, 0.4) is 0 Å². The highest BCUT2D eigenvalue weighted by molar-refractivity contribution is 9.10. The number of piperazine rings is 1.